The van der Waals surface area contributed by atoms with Crippen molar-refractivity contribution in [2.24, 2.45) is 11.3 Å². The van der Waals surface area contributed by atoms with Gasteiger partial charge in [-0.15, -0.1) is 6.58 Å². The van der Waals surface area contributed by atoms with E-state index < -0.39 is 29.9 Å². The lowest BCUT2D eigenvalue weighted by Crippen LogP contribution is -2.43. The minimum absolute atomic E-state index is 0.139. The Labute approximate surface area is 110 Å². The lowest BCUT2D eigenvalue weighted by molar-refractivity contribution is -0.0619. The number of rotatable bonds is 4. The van der Waals surface area contributed by atoms with Crippen LogP contribution in [-0.4, -0.2) is 34.7 Å². The second-order valence-electron chi connectivity index (χ2n) is 5.25. The third kappa shape index (κ3) is 2.43. The van der Waals surface area contributed by atoms with Gasteiger partial charge in [-0.1, -0.05) is 17.7 Å². The molecule has 19 heavy (non-hydrogen) atoms. The molecule has 0 aromatic carbocycles. The van der Waals surface area contributed by atoms with Crippen LogP contribution in [0, 0.1) is 11.3 Å². The summed E-state index contributed by atoms with van der Waals surface area (Å²) in [5.41, 5.74) is 0.356. The molecule has 0 aliphatic heterocycles. The van der Waals surface area contributed by atoms with E-state index in [1.165, 1.54) is 0 Å². The van der Waals surface area contributed by atoms with Crippen LogP contribution < -0.4 is 0 Å². The van der Waals surface area contributed by atoms with Crippen LogP contribution in [-0.2, 0) is 9.47 Å². The van der Waals surface area contributed by atoms with E-state index in [4.69, 9.17) is 19.7 Å². The maximum absolute atomic E-state index is 10.8. The second kappa shape index (κ2) is 4.60. The standard InChI is InChI=1S/C13H16O6/c1-7(2)5-13-4-3-8(6-13)9(18-11(14)15)10(13)19-12(16)17/h3-4,8-10H,1,5-6H2,2H3,(H,14,15)(H,16,17). The molecule has 1 fully saturated rings. The summed E-state index contributed by atoms with van der Waals surface area (Å²) in [5.74, 6) is -0.139. The van der Waals surface area contributed by atoms with Crippen LogP contribution in [0.2, 0.25) is 0 Å². The molecule has 0 aromatic heterocycles. The molecule has 0 heterocycles. The summed E-state index contributed by atoms with van der Waals surface area (Å²) in [5, 5.41) is 17.6. The van der Waals surface area contributed by atoms with Gasteiger partial charge in [0.25, 0.3) is 0 Å². The van der Waals surface area contributed by atoms with Crippen LogP contribution >= 0.6 is 0 Å². The Morgan fingerprint density at radius 1 is 1.37 bits per heavy atom. The van der Waals surface area contributed by atoms with Crippen molar-refractivity contribution in [1.82, 2.24) is 0 Å². The van der Waals surface area contributed by atoms with Gasteiger partial charge in [0.2, 0.25) is 0 Å². The number of allylic oxidation sites excluding steroid dienone is 1. The van der Waals surface area contributed by atoms with Gasteiger partial charge in [0.05, 0.1) is 0 Å². The fourth-order valence-corrected chi connectivity index (χ4v) is 3.23. The smallest absolute Gasteiger partial charge is 0.450 e. The van der Waals surface area contributed by atoms with Gasteiger partial charge in [0.15, 0.2) is 6.10 Å². The lowest BCUT2D eigenvalue weighted by Gasteiger charge is -2.34. The summed E-state index contributed by atoms with van der Waals surface area (Å²) < 4.78 is 9.71. The Hall–Kier alpha value is -1.98. The first kappa shape index (κ1) is 13.5. The highest BCUT2D eigenvalue weighted by atomic mass is 16.7. The van der Waals surface area contributed by atoms with Crippen molar-refractivity contribution < 1.29 is 29.3 Å². The van der Waals surface area contributed by atoms with Gasteiger partial charge < -0.3 is 19.7 Å². The number of hydrogen-bond acceptors (Lipinski definition) is 4. The van der Waals surface area contributed by atoms with Gasteiger partial charge in [-0.3, -0.25) is 0 Å². The summed E-state index contributed by atoms with van der Waals surface area (Å²) in [6, 6.07) is 0. The predicted octanol–water partition coefficient (Wildman–Crippen LogP) is 2.66. The van der Waals surface area contributed by atoms with E-state index in [0.717, 1.165) is 5.57 Å². The van der Waals surface area contributed by atoms with Crippen molar-refractivity contribution in [3.05, 3.63) is 24.3 Å². The number of carboxylic acid groups (broad SMARTS) is 2. The van der Waals surface area contributed by atoms with Crippen molar-refractivity contribution in [1.29, 1.82) is 0 Å². The molecule has 0 saturated heterocycles. The number of carbonyl (C=O) groups is 2. The fraction of sp³-hybridized carbons (Fsp3) is 0.538. The van der Waals surface area contributed by atoms with E-state index in [0.29, 0.717) is 12.8 Å². The molecule has 4 atom stereocenters. The van der Waals surface area contributed by atoms with Gasteiger partial charge in [-0.25, -0.2) is 9.59 Å². The van der Waals surface area contributed by atoms with Gasteiger partial charge in [-0.2, -0.15) is 0 Å². The molecular formula is C13H16O6. The minimum atomic E-state index is -1.42. The first-order valence-electron chi connectivity index (χ1n) is 5.97. The average molecular weight is 268 g/mol. The van der Waals surface area contributed by atoms with Crippen molar-refractivity contribution >= 4 is 12.3 Å². The average Bonchev–Trinajstić information content (AvgIpc) is 2.75. The Morgan fingerprint density at radius 3 is 2.53 bits per heavy atom. The first-order valence-corrected chi connectivity index (χ1v) is 5.97. The molecule has 0 aromatic rings. The highest BCUT2D eigenvalue weighted by molar-refractivity contribution is 5.59. The molecule has 2 aliphatic rings. The SMILES string of the molecule is C=C(C)CC12C=CC(C1)C(OC(=O)O)C2OC(=O)O. The molecule has 6 heteroatoms. The highest BCUT2D eigenvalue weighted by Gasteiger charge is 2.58. The quantitative estimate of drug-likeness (QED) is 0.601. The van der Waals surface area contributed by atoms with Gasteiger partial charge in [0, 0.05) is 11.3 Å². The molecule has 1 saturated carbocycles. The van der Waals surface area contributed by atoms with E-state index in [-0.39, 0.29) is 5.92 Å². The van der Waals surface area contributed by atoms with Crippen LogP contribution in [0.15, 0.2) is 24.3 Å². The summed E-state index contributed by atoms with van der Waals surface area (Å²) in [4.78, 5) is 21.5. The van der Waals surface area contributed by atoms with Crippen LogP contribution in [0.5, 0.6) is 0 Å². The third-order valence-corrected chi connectivity index (χ3v) is 3.67. The van der Waals surface area contributed by atoms with Crippen molar-refractivity contribution in [3.63, 3.8) is 0 Å². The molecule has 4 unspecified atom stereocenters. The number of ether oxygens (including phenoxy) is 2. The summed E-state index contributed by atoms with van der Waals surface area (Å²) in [6.45, 7) is 5.68. The maximum Gasteiger partial charge on any atom is 0.506 e. The molecular weight excluding hydrogens is 252 g/mol. The normalized spacial score (nSPS) is 35.1. The molecule has 2 rings (SSSR count). The first-order chi connectivity index (χ1) is 8.84. The van der Waals surface area contributed by atoms with E-state index in [1.807, 2.05) is 19.1 Å². The van der Waals surface area contributed by atoms with E-state index in [2.05, 4.69) is 6.58 Å². The molecule has 104 valence electrons. The zero-order chi connectivity index (χ0) is 14.2. The molecule has 2 aliphatic carbocycles. The van der Waals surface area contributed by atoms with Gasteiger partial charge in [0.1, 0.15) is 6.10 Å². The predicted molar refractivity (Wildman–Crippen MR) is 64.9 cm³/mol. The summed E-state index contributed by atoms with van der Waals surface area (Å²) in [6.07, 6.45) is 0.514. The van der Waals surface area contributed by atoms with Crippen LogP contribution in [0.25, 0.3) is 0 Å². The Bertz CT molecular complexity index is 454. The summed E-state index contributed by atoms with van der Waals surface area (Å²) >= 11 is 0. The Balaban J connectivity index is 2.28. The van der Waals surface area contributed by atoms with E-state index in [1.54, 1.807) is 0 Å². The lowest BCUT2D eigenvalue weighted by atomic mass is 9.79. The largest absolute Gasteiger partial charge is 0.506 e. The zero-order valence-electron chi connectivity index (χ0n) is 10.5. The molecule has 2 bridgehead atoms. The second-order valence-corrected chi connectivity index (χ2v) is 5.25. The maximum atomic E-state index is 10.8. The third-order valence-electron chi connectivity index (χ3n) is 3.67. The molecule has 2 N–H and O–H groups in total. The van der Waals surface area contributed by atoms with Crippen LogP contribution in [0.3, 0.4) is 0 Å². The monoisotopic (exact) mass is 268 g/mol. The fourth-order valence-electron chi connectivity index (χ4n) is 3.23. The van der Waals surface area contributed by atoms with Gasteiger partial charge >= 0.3 is 12.3 Å². The molecule has 0 spiro atoms. The Kier molecular flexibility index (Phi) is 3.26. The van der Waals surface area contributed by atoms with Crippen LogP contribution in [0.1, 0.15) is 19.8 Å². The van der Waals surface area contributed by atoms with Crippen molar-refractivity contribution in [3.8, 4) is 0 Å². The minimum Gasteiger partial charge on any atom is -0.450 e. The van der Waals surface area contributed by atoms with Crippen molar-refractivity contribution in [2.45, 2.75) is 32.0 Å². The van der Waals surface area contributed by atoms with Gasteiger partial charge in [-0.05, 0) is 19.8 Å². The Morgan fingerprint density at radius 2 is 2.00 bits per heavy atom. The summed E-state index contributed by atoms with van der Waals surface area (Å²) in [7, 11) is 0. The van der Waals surface area contributed by atoms with E-state index in [9.17, 15) is 9.59 Å². The molecule has 0 radical (unpaired) electrons. The highest BCUT2D eigenvalue weighted by Crippen LogP contribution is 2.54. The number of hydrogen-bond donors (Lipinski definition) is 2. The van der Waals surface area contributed by atoms with E-state index >= 15 is 0 Å². The molecule has 0 amide bonds. The zero-order valence-corrected chi connectivity index (χ0v) is 10.5. The van der Waals surface area contributed by atoms with Crippen LogP contribution in [0.4, 0.5) is 9.59 Å². The number of fused-ring (bicyclic) bond motifs is 2. The topological polar surface area (TPSA) is 93.1 Å². The molecule has 6 nitrogen and oxygen atoms in total. The van der Waals surface area contributed by atoms with Crippen molar-refractivity contribution in [2.75, 3.05) is 0 Å².